The van der Waals surface area contributed by atoms with Crippen LogP contribution in [0.3, 0.4) is 0 Å². The number of hydrogen-bond acceptors (Lipinski definition) is 5. The molecule has 1 aromatic heterocycles. The number of benzene rings is 4. The Kier molecular flexibility index (Phi) is 10.5. The van der Waals surface area contributed by atoms with E-state index in [1.54, 1.807) is 0 Å². The number of carbonyl (C=O) groups excluding carboxylic acids is 1. The van der Waals surface area contributed by atoms with Crippen molar-refractivity contribution in [1.82, 2.24) is 0 Å². The highest BCUT2D eigenvalue weighted by Crippen LogP contribution is 2.37. The number of likely N-dealkylation sites (N-methyl/N-ethyl adjacent to an activating group) is 1. The minimum atomic E-state index is -2.62. The zero-order valence-electron chi connectivity index (χ0n) is 26.5. The molecule has 5 aromatic rings. The van der Waals surface area contributed by atoms with Crippen LogP contribution < -0.4 is 20.0 Å². The Labute approximate surface area is 272 Å². The second-order valence-electron chi connectivity index (χ2n) is 12.1. The molecule has 4 aromatic carbocycles. The molecule has 0 amide bonds. The molecule has 4 nitrogen and oxygen atoms in total. The molecular formula is C39H41NO3SSi. The van der Waals surface area contributed by atoms with E-state index < -0.39 is 8.32 Å². The van der Waals surface area contributed by atoms with Gasteiger partial charge in [0.05, 0.1) is 11.5 Å². The van der Waals surface area contributed by atoms with Gasteiger partial charge in [0.15, 0.2) is 6.29 Å². The van der Waals surface area contributed by atoms with Crippen molar-refractivity contribution in [2.24, 2.45) is 0 Å². The van der Waals surface area contributed by atoms with Crippen molar-refractivity contribution in [3.8, 4) is 5.75 Å². The molecule has 0 unspecified atom stereocenters. The first-order chi connectivity index (χ1) is 21.8. The van der Waals surface area contributed by atoms with Gasteiger partial charge in [-0.1, -0.05) is 124 Å². The van der Waals surface area contributed by atoms with Gasteiger partial charge in [-0.15, -0.1) is 11.3 Å². The van der Waals surface area contributed by atoms with E-state index in [1.807, 2.05) is 41.8 Å². The molecule has 0 aliphatic rings. The molecular weight excluding hydrogens is 591 g/mol. The number of ether oxygens (including phenoxy) is 1. The maximum atomic E-state index is 11.4. The number of anilines is 1. The number of hydrogen-bond donors (Lipinski definition) is 0. The third-order valence-corrected chi connectivity index (χ3v) is 14.0. The van der Waals surface area contributed by atoms with E-state index in [1.165, 1.54) is 21.7 Å². The van der Waals surface area contributed by atoms with E-state index in [9.17, 15) is 4.79 Å². The highest BCUT2D eigenvalue weighted by Gasteiger charge is 2.50. The molecule has 45 heavy (non-hydrogen) atoms. The average molecular weight is 632 g/mol. The zero-order chi connectivity index (χ0) is 31.7. The van der Waals surface area contributed by atoms with Crippen LogP contribution in [-0.2, 0) is 11.0 Å². The monoisotopic (exact) mass is 631 g/mol. The van der Waals surface area contributed by atoms with Crippen molar-refractivity contribution in [1.29, 1.82) is 0 Å². The Morgan fingerprint density at radius 3 is 1.98 bits per heavy atom. The molecule has 1 heterocycles. The highest BCUT2D eigenvalue weighted by atomic mass is 32.1. The lowest BCUT2D eigenvalue weighted by Crippen LogP contribution is -2.67. The van der Waals surface area contributed by atoms with Gasteiger partial charge < -0.3 is 14.1 Å². The lowest BCUT2D eigenvalue weighted by molar-refractivity contribution is 0.112. The molecule has 0 saturated carbocycles. The van der Waals surface area contributed by atoms with Crippen LogP contribution in [0.2, 0.25) is 5.04 Å². The first-order valence-electron chi connectivity index (χ1n) is 15.3. The van der Waals surface area contributed by atoms with Crippen LogP contribution in [0.4, 0.5) is 5.69 Å². The summed E-state index contributed by atoms with van der Waals surface area (Å²) < 4.78 is 13.5. The number of carbonyl (C=O) groups is 1. The Balaban J connectivity index is 1.39. The molecule has 0 fully saturated rings. The van der Waals surface area contributed by atoms with Gasteiger partial charge in [0, 0.05) is 30.9 Å². The van der Waals surface area contributed by atoms with E-state index in [2.05, 4.69) is 124 Å². The lowest BCUT2D eigenvalue weighted by atomic mass is 10.1. The summed E-state index contributed by atoms with van der Waals surface area (Å²) in [5, 5.41) is 4.42. The number of nitrogens with zero attached hydrogens (tertiary/aromatic N) is 1. The molecule has 230 valence electrons. The molecule has 0 saturated heterocycles. The largest absolute Gasteiger partial charge is 0.488 e. The van der Waals surface area contributed by atoms with Crippen LogP contribution in [-0.4, -0.2) is 34.8 Å². The van der Waals surface area contributed by atoms with Crippen molar-refractivity contribution < 1.29 is 14.0 Å². The summed E-state index contributed by atoms with van der Waals surface area (Å²) in [6.07, 6.45) is 4.90. The van der Waals surface area contributed by atoms with Crippen LogP contribution in [0.15, 0.2) is 121 Å². The van der Waals surface area contributed by atoms with Gasteiger partial charge in [-0.2, -0.15) is 0 Å². The fourth-order valence-corrected chi connectivity index (χ4v) is 11.0. The average Bonchev–Trinajstić information content (AvgIpc) is 3.53. The van der Waals surface area contributed by atoms with E-state index in [4.69, 9.17) is 9.16 Å². The molecule has 0 atom stereocenters. The van der Waals surface area contributed by atoms with Crippen molar-refractivity contribution in [3.05, 3.63) is 142 Å². The van der Waals surface area contributed by atoms with Gasteiger partial charge in [0.2, 0.25) is 0 Å². The predicted octanol–water partition coefficient (Wildman–Crippen LogP) is 8.32. The normalized spacial score (nSPS) is 11.9. The lowest BCUT2D eigenvalue weighted by Gasteiger charge is -2.43. The van der Waals surface area contributed by atoms with E-state index >= 15 is 0 Å². The van der Waals surface area contributed by atoms with Crippen LogP contribution in [0.1, 0.15) is 47.1 Å². The Hall–Kier alpha value is -4.23. The topological polar surface area (TPSA) is 38.8 Å². The second kappa shape index (κ2) is 14.7. The fourth-order valence-electron chi connectivity index (χ4n) is 5.73. The molecule has 0 radical (unpaired) electrons. The summed E-state index contributed by atoms with van der Waals surface area (Å²) in [5.74, 6) is 0.787. The smallest absolute Gasteiger partial charge is 0.261 e. The van der Waals surface area contributed by atoms with Gasteiger partial charge >= 0.3 is 0 Å². The van der Waals surface area contributed by atoms with Crippen molar-refractivity contribution in [2.45, 2.75) is 32.4 Å². The van der Waals surface area contributed by atoms with E-state index in [-0.39, 0.29) is 5.04 Å². The number of aldehydes is 1. The molecule has 6 heteroatoms. The molecule has 0 aliphatic heterocycles. The molecule has 0 aliphatic carbocycles. The van der Waals surface area contributed by atoms with Crippen LogP contribution in [0.25, 0.3) is 12.2 Å². The highest BCUT2D eigenvalue weighted by molar-refractivity contribution is 7.12. The maximum absolute atomic E-state index is 11.4. The van der Waals surface area contributed by atoms with Gasteiger partial charge in [0.25, 0.3) is 8.32 Å². The SMILES string of the molecule is CN(CCO[Si](c1ccccc1)(c1ccccc1)C(C)(C)C)c1ccc(/C=C\c2ccsc2C=O)c(OCc2ccccc2)c1. The van der Waals surface area contributed by atoms with Crippen LogP contribution in [0, 0.1) is 0 Å². The summed E-state index contributed by atoms with van der Waals surface area (Å²) in [6.45, 7) is 8.68. The minimum Gasteiger partial charge on any atom is -0.488 e. The fraction of sp³-hybridized carbons (Fsp3) is 0.205. The standard InChI is InChI=1S/C39H41NO3SSi/c1-39(2,3)45(35-16-10-6-11-17-35,36-18-12-7-13-19-36)43-26-25-40(4)34-23-22-32(20-21-33-24-27-44-38(33)29-41)37(28-34)42-30-31-14-8-5-9-15-31/h5-24,27-29H,25-26,30H2,1-4H3/b21-20-. The van der Waals surface area contributed by atoms with Crippen molar-refractivity contribution >= 4 is 54.2 Å². The summed E-state index contributed by atoms with van der Waals surface area (Å²) in [6, 6.07) is 40.0. The molecule has 0 N–H and O–H groups in total. The maximum Gasteiger partial charge on any atom is 0.261 e. The van der Waals surface area contributed by atoms with Gasteiger partial charge in [-0.3, -0.25) is 4.79 Å². The summed E-state index contributed by atoms with van der Waals surface area (Å²) >= 11 is 1.44. The summed E-state index contributed by atoms with van der Waals surface area (Å²) in [7, 11) is -0.517. The third kappa shape index (κ3) is 7.53. The second-order valence-corrected chi connectivity index (χ2v) is 17.4. The minimum absolute atomic E-state index is 0.0765. The quantitative estimate of drug-likeness (QED) is 0.0968. The molecule has 5 rings (SSSR count). The van der Waals surface area contributed by atoms with Gasteiger partial charge in [-0.05, 0) is 50.1 Å². The predicted molar refractivity (Wildman–Crippen MR) is 193 cm³/mol. The van der Waals surface area contributed by atoms with Gasteiger partial charge in [0.1, 0.15) is 12.4 Å². The van der Waals surface area contributed by atoms with E-state index in [0.29, 0.717) is 13.2 Å². The number of thiophene rings is 1. The first kappa shape index (κ1) is 32.2. The third-order valence-electron chi connectivity index (χ3n) is 8.11. The zero-order valence-corrected chi connectivity index (χ0v) is 28.3. The Morgan fingerprint density at radius 2 is 1.38 bits per heavy atom. The van der Waals surface area contributed by atoms with Crippen LogP contribution in [0.5, 0.6) is 5.75 Å². The Morgan fingerprint density at radius 1 is 0.778 bits per heavy atom. The Bertz CT molecular complexity index is 1660. The molecule has 0 bridgehead atoms. The first-order valence-corrected chi connectivity index (χ1v) is 18.1. The van der Waals surface area contributed by atoms with Crippen LogP contribution >= 0.6 is 11.3 Å². The van der Waals surface area contributed by atoms with Crippen molar-refractivity contribution in [3.63, 3.8) is 0 Å². The van der Waals surface area contributed by atoms with Crippen molar-refractivity contribution in [2.75, 3.05) is 25.1 Å². The molecule has 0 spiro atoms. The van der Waals surface area contributed by atoms with E-state index in [0.717, 1.165) is 45.8 Å². The summed E-state index contributed by atoms with van der Waals surface area (Å²) in [5.41, 5.74) is 4.01. The number of rotatable bonds is 13. The summed E-state index contributed by atoms with van der Waals surface area (Å²) in [4.78, 5) is 14.4. The van der Waals surface area contributed by atoms with Gasteiger partial charge in [-0.25, -0.2) is 0 Å².